The summed E-state index contributed by atoms with van der Waals surface area (Å²) in [7, 11) is 1.41. The molecule has 0 saturated heterocycles. The minimum Gasteiger partial charge on any atom is -0.445 e. The Bertz CT molecular complexity index is 638. The lowest BCUT2D eigenvalue weighted by Gasteiger charge is -2.37. The van der Waals surface area contributed by atoms with Crippen LogP contribution in [-0.4, -0.2) is 18.8 Å². The second-order valence-corrected chi connectivity index (χ2v) is 8.37. The van der Waals surface area contributed by atoms with Crippen LogP contribution in [0.25, 0.3) is 0 Å². The van der Waals surface area contributed by atoms with E-state index in [4.69, 9.17) is 15.2 Å². The normalized spacial score (nSPS) is 11.6. The third kappa shape index (κ3) is 2.93. The molecule has 0 amide bonds. The quantitative estimate of drug-likeness (QED) is 0.377. The zero-order valence-corrected chi connectivity index (χ0v) is 15.2. The summed E-state index contributed by atoms with van der Waals surface area (Å²) in [6, 6.07) is 30.9. The molecule has 4 heteroatoms. The van der Waals surface area contributed by atoms with Gasteiger partial charge in [0.25, 0.3) is 0 Å². The van der Waals surface area contributed by atoms with Gasteiger partial charge < -0.3 is 4.12 Å². The van der Waals surface area contributed by atoms with Crippen molar-refractivity contribution in [1.29, 1.82) is 0 Å². The Labute approximate surface area is 146 Å². The first-order valence-electron chi connectivity index (χ1n) is 7.33. The van der Waals surface area contributed by atoms with Crippen LogP contribution in [0.2, 0.25) is 0 Å². The van der Waals surface area contributed by atoms with Crippen LogP contribution in [0.3, 0.4) is 0 Å². The van der Waals surface area contributed by atoms with Crippen LogP contribution in [0, 0.1) is 0 Å². The van der Waals surface area contributed by atoms with Crippen molar-refractivity contribution in [3.8, 4) is 0 Å². The van der Waals surface area contributed by atoms with Crippen LogP contribution in [0.5, 0.6) is 0 Å². The molecule has 4 radical (unpaired) electrons. The largest absolute Gasteiger partial charge is 0.445 e. The third-order valence-corrected chi connectivity index (χ3v) is 7.72. The van der Waals surface area contributed by atoms with Crippen molar-refractivity contribution in [3.05, 3.63) is 108 Å². The molecule has 0 bridgehead atoms. The maximum absolute atomic E-state index is 6.82. The molecule has 23 heavy (non-hydrogen) atoms. The molecule has 3 rings (SSSR count). The average Bonchev–Trinajstić information content (AvgIpc) is 2.65. The van der Waals surface area contributed by atoms with Crippen molar-refractivity contribution in [2.75, 3.05) is 0 Å². The van der Waals surface area contributed by atoms with Crippen molar-refractivity contribution in [2.24, 2.45) is 0 Å². The molecule has 3 aromatic carbocycles. The summed E-state index contributed by atoms with van der Waals surface area (Å²) in [6.45, 7) is 0. The van der Waals surface area contributed by atoms with Crippen molar-refractivity contribution < 1.29 is 4.12 Å². The van der Waals surface area contributed by atoms with Gasteiger partial charge in [0.05, 0.1) is 5.04 Å². The lowest BCUT2D eigenvalue weighted by atomic mass is 9.84. The molecule has 3 aromatic rings. The summed E-state index contributed by atoms with van der Waals surface area (Å²) >= 11 is 6.82. The molecule has 0 heterocycles. The molecular weight excluding hydrogens is 336 g/mol. The van der Waals surface area contributed by atoms with Crippen LogP contribution >= 0.6 is 11.1 Å². The molecule has 0 aromatic heterocycles. The molecular formula is C19H15ClOSi2. The standard InChI is InChI=1S/C19H15ClOSi2/c20-23(21-22)19(16-10-4-1-5-11-16,17-12-6-2-7-13-17)18-14-8-3-9-15-18/h1-15H. The first kappa shape index (κ1) is 16.2. The molecule has 0 saturated carbocycles. The van der Waals surface area contributed by atoms with Gasteiger partial charge in [-0.05, 0) is 16.7 Å². The van der Waals surface area contributed by atoms with Gasteiger partial charge in [0, 0.05) is 0 Å². The van der Waals surface area contributed by atoms with E-state index in [2.05, 4.69) is 46.9 Å². The summed E-state index contributed by atoms with van der Waals surface area (Å²) in [5.41, 5.74) is 3.37. The van der Waals surface area contributed by atoms with Gasteiger partial charge in [-0.1, -0.05) is 91.0 Å². The van der Waals surface area contributed by atoms with Crippen LogP contribution in [0.15, 0.2) is 91.0 Å². The highest BCUT2D eigenvalue weighted by Gasteiger charge is 2.46. The van der Waals surface area contributed by atoms with E-state index >= 15 is 0 Å². The molecule has 1 nitrogen and oxygen atoms in total. The third-order valence-electron chi connectivity index (χ3n) is 4.00. The highest BCUT2D eigenvalue weighted by atomic mass is 35.6. The summed E-state index contributed by atoms with van der Waals surface area (Å²) in [4.78, 5) is 0. The maximum atomic E-state index is 6.82. The summed E-state index contributed by atoms with van der Waals surface area (Å²) < 4.78 is 5.55. The van der Waals surface area contributed by atoms with Crippen LogP contribution in [0.4, 0.5) is 0 Å². The van der Waals surface area contributed by atoms with Gasteiger partial charge >= 0.3 is 8.35 Å². The smallest absolute Gasteiger partial charge is 0.332 e. The minimum absolute atomic E-state index is 0.516. The topological polar surface area (TPSA) is 9.23 Å². The van der Waals surface area contributed by atoms with Crippen molar-refractivity contribution in [3.63, 3.8) is 0 Å². The molecule has 0 fully saturated rings. The Balaban J connectivity index is 2.35. The Hall–Kier alpha value is -1.66. The van der Waals surface area contributed by atoms with E-state index in [9.17, 15) is 0 Å². The fraction of sp³-hybridized carbons (Fsp3) is 0.0526. The van der Waals surface area contributed by atoms with Gasteiger partial charge in [-0.15, -0.1) is 11.1 Å². The molecule has 0 aliphatic rings. The predicted molar refractivity (Wildman–Crippen MR) is 97.7 cm³/mol. The van der Waals surface area contributed by atoms with E-state index in [1.165, 1.54) is 0 Å². The fourth-order valence-electron chi connectivity index (χ4n) is 2.98. The number of halogens is 1. The number of hydrogen-bond donors (Lipinski definition) is 0. The van der Waals surface area contributed by atoms with Gasteiger partial charge in [0.2, 0.25) is 10.5 Å². The van der Waals surface area contributed by atoms with Crippen molar-refractivity contribution in [2.45, 2.75) is 5.04 Å². The van der Waals surface area contributed by atoms with E-state index in [1.807, 2.05) is 54.6 Å². The van der Waals surface area contributed by atoms with E-state index in [0.29, 0.717) is 0 Å². The average molecular weight is 351 g/mol. The minimum atomic E-state index is -1.80. The zero-order chi connectivity index (χ0) is 16.1. The number of hydrogen-bond acceptors (Lipinski definition) is 1. The van der Waals surface area contributed by atoms with E-state index < -0.39 is 13.4 Å². The number of rotatable bonds is 5. The first-order chi connectivity index (χ1) is 11.3. The highest BCUT2D eigenvalue weighted by Crippen LogP contribution is 2.42. The maximum Gasteiger partial charge on any atom is 0.332 e. The summed E-state index contributed by atoms with van der Waals surface area (Å²) in [5, 5.41) is -0.516. The van der Waals surface area contributed by atoms with Gasteiger partial charge in [-0.25, -0.2) is 0 Å². The lowest BCUT2D eigenvalue weighted by Crippen LogP contribution is -2.44. The van der Waals surface area contributed by atoms with Gasteiger partial charge in [0.15, 0.2) is 0 Å². The van der Waals surface area contributed by atoms with Crippen LogP contribution in [-0.2, 0) is 9.15 Å². The molecule has 0 aliphatic carbocycles. The van der Waals surface area contributed by atoms with E-state index in [1.54, 1.807) is 0 Å². The second kappa shape index (κ2) is 7.28. The Morgan fingerprint density at radius 3 is 1.22 bits per heavy atom. The predicted octanol–water partition coefficient (Wildman–Crippen LogP) is 4.39. The Morgan fingerprint density at radius 1 is 0.652 bits per heavy atom. The first-order valence-corrected chi connectivity index (χ1v) is 10.2. The SMILES string of the molecule is [Si]O[Si](Cl)C(c1ccccc1)(c1ccccc1)c1ccccc1. The fourth-order valence-corrected chi connectivity index (χ4v) is 5.76. The number of benzene rings is 3. The zero-order valence-electron chi connectivity index (χ0n) is 12.4. The molecule has 0 atom stereocenters. The molecule has 0 spiro atoms. The monoisotopic (exact) mass is 350 g/mol. The molecule has 0 aliphatic heterocycles. The van der Waals surface area contributed by atoms with Crippen molar-refractivity contribution in [1.82, 2.24) is 0 Å². The van der Waals surface area contributed by atoms with Crippen LogP contribution in [0.1, 0.15) is 16.7 Å². The van der Waals surface area contributed by atoms with Crippen LogP contribution < -0.4 is 0 Å². The molecule has 0 unspecified atom stereocenters. The molecule has 0 N–H and O–H groups in total. The van der Waals surface area contributed by atoms with Gasteiger partial charge in [-0.2, -0.15) is 0 Å². The van der Waals surface area contributed by atoms with Crippen molar-refractivity contribution >= 4 is 29.9 Å². The van der Waals surface area contributed by atoms with Gasteiger partial charge in [0.1, 0.15) is 0 Å². The lowest BCUT2D eigenvalue weighted by molar-refractivity contribution is 0.607. The highest BCUT2D eigenvalue weighted by molar-refractivity contribution is 7.06. The second-order valence-electron chi connectivity index (χ2n) is 5.22. The Morgan fingerprint density at radius 2 is 0.957 bits per heavy atom. The molecule has 112 valence electrons. The van der Waals surface area contributed by atoms with E-state index in [-0.39, 0.29) is 0 Å². The summed E-state index contributed by atoms with van der Waals surface area (Å²) in [5.74, 6) is 0. The Kier molecular flexibility index (Phi) is 5.13. The summed E-state index contributed by atoms with van der Waals surface area (Å²) in [6.07, 6.45) is 0. The van der Waals surface area contributed by atoms with Gasteiger partial charge in [-0.3, -0.25) is 0 Å². The van der Waals surface area contributed by atoms with E-state index in [0.717, 1.165) is 16.7 Å².